The van der Waals surface area contributed by atoms with E-state index in [1.165, 1.54) is 31.2 Å². The molecule has 170 valence electrons. The number of hydrogen-bond acceptors (Lipinski definition) is 4. The predicted octanol–water partition coefficient (Wildman–Crippen LogP) is 3.49. The highest BCUT2D eigenvalue weighted by molar-refractivity contribution is 14.0. The molecule has 3 rings (SSSR count). The molecule has 7 heteroatoms. The highest BCUT2D eigenvalue weighted by atomic mass is 127. The third-order valence-corrected chi connectivity index (χ3v) is 6.37. The molecule has 2 heterocycles. The van der Waals surface area contributed by atoms with Gasteiger partial charge < -0.3 is 20.3 Å². The van der Waals surface area contributed by atoms with Crippen LogP contribution < -0.4 is 15.4 Å². The molecule has 0 aliphatic carbocycles. The van der Waals surface area contributed by atoms with Gasteiger partial charge in [-0.15, -0.1) is 24.0 Å². The first-order valence-electron chi connectivity index (χ1n) is 11.2. The molecule has 6 nitrogen and oxygen atoms in total. The highest BCUT2D eigenvalue weighted by Gasteiger charge is 2.25. The van der Waals surface area contributed by atoms with Crippen LogP contribution in [0.25, 0.3) is 0 Å². The first-order valence-corrected chi connectivity index (χ1v) is 11.2. The van der Waals surface area contributed by atoms with Gasteiger partial charge >= 0.3 is 0 Å². The monoisotopic (exact) mass is 529 g/mol. The van der Waals surface area contributed by atoms with Crippen molar-refractivity contribution < 1.29 is 4.74 Å². The first kappa shape index (κ1) is 25.2. The van der Waals surface area contributed by atoms with E-state index in [1.807, 2.05) is 7.05 Å². The van der Waals surface area contributed by atoms with E-state index in [0.717, 1.165) is 44.4 Å². The summed E-state index contributed by atoms with van der Waals surface area (Å²) in [7, 11) is 3.59. The molecule has 1 aromatic carbocycles. The fourth-order valence-electron chi connectivity index (χ4n) is 4.48. The molecule has 0 radical (unpaired) electrons. The van der Waals surface area contributed by atoms with Crippen molar-refractivity contribution in [2.45, 2.75) is 57.7 Å². The normalized spacial score (nSPS) is 20.1. The maximum absolute atomic E-state index is 5.34. The summed E-state index contributed by atoms with van der Waals surface area (Å²) in [5, 5.41) is 7.26. The number of ether oxygens (including phenoxy) is 1. The quantitative estimate of drug-likeness (QED) is 0.322. The number of likely N-dealkylation sites (tertiary alicyclic amines) is 2. The maximum atomic E-state index is 5.34. The Hall–Kier alpha value is -1.06. The zero-order valence-corrected chi connectivity index (χ0v) is 21.4. The standard InChI is InChI=1S/C23H39N5O.HI/c1-18(2)27-15-11-20(12-16-27)26-23(24-3)25-17-22(28-13-5-6-14-28)19-7-9-21(29-4)10-8-19;/h7-10,18,20,22H,5-6,11-17H2,1-4H3,(H2,24,25,26);1H. The van der Waals surface area contributed by atoms with Crippen LogP contribution in [0.2, 0.25) is 0 Å². The van der Waals surface area contributed by atoms with Crippen molar-refractivity contribution in [2.24, 2.45) is 4.99 Å². The Morgan fingerprint density at radius 2 is 1.70 bits per heavy atom. The van der Waals surface area contributed by atoms with E-state index in [1.54, 1.807) is 7.11 Å². The molecule has 0 saturated carbocycles. The summed E-state index contributed by atoms with van der Waals surface area (Å²) in [5.74, 6) is 1.83. The van der Waals surface area contributed by atoms with E-state index in [-0.39, 0.29) is 24.0 Å². The Labute approximate surface area is 199 Å². The lowest BCUT2D eigenvalue weighted by Gasteiger charge is -2.35. The van der Waals surface area contributed by atoms with Gasteiger partial charge in [0.2, 0.25) is 0 Å². The van der Waals surface area contributed by atoms with Crippen LogP contribution in [0.3, 0.4) is 0 Å². The molecule has 0 aromatic heterocycles. The molecule has 0 amide bonds. The van der Waals surface area contributed by atoms with E-state index in [0.29, 0.717) is 18.1 Å². The van der Waals surface area contributed by atoms with Crippen LogP contribution in [0.15, 0.2) is 29.3 Å². The smallest absolute Gasteiger partial charge is 0.191 e. The molecule has 2 N–H and O–H groups in total. The van der Waals surface area contributed by atoms with Crippen molar-refractivity contribution in [3.8, 4) is 5.75 Å². The Kier molecular flexibility index (Phi) is 10.7. The summed E-state index contributed by atoms with van der Waals surface area (Å²) in [5.41, 5.74) is 1.33. The number of rotatable bonds is 7. The molecule has 1 atom stereocenters. The summed E-state index contributed by atoms with van der Waals surface area (Å²) >= 11 is 0. The number of benzene rings is 1. The first-order chi connectivity index (χ1) is 14.1. The number of methoxy groups -OCH3 is 1. The molecular weight excluding hydrogens is 489 g/mol. The predicted molar refractivity (Wildman–Crippen MR) is 136 cm³/mol. The molecule has 2 saturated heterocycles. The zero-order valence-electron chi connectivity index (χ0n) is 19.1. The van der Waals surface area contributed by atoms with Crippen LogP contribution in [-0.4, -0.2) is 74.7 Å². The van der Waals surface area contributed by atoms with Crippen LogP contribution in [-0.2, 0) is 0 Å². The van der Waals surface area contributed by atoms with E-state index in [4.69, 9.17) is 4.74 Å². The van der Waals surface area contributed by atoms with Gasteiger partial charge in [-0.05, 0) is 70.3 Å². The molecule has 1 aromatic rings. The maximum Gasteiger partial charge on any atom is 0.191 e. The lowest BCUT2D eigenvalue weighted by atomic mass is 10.0. The van der Waals surface area contributed by atoms with Gasteiger partial charge in [-0.1, -0.05) is 12.1 Å². The number of nitrogens with zero attached hydrogens (tertiary/aromatic N) is 3. The van der Waals surface area contributed by atoms with Crippen LogP contribution in [0, 0.1) is 0 Å². The lowest BCUT2D eigenvalue weighted by molar-refractivity contribution is 0.167. The van der Waals surface area contributed by atoms with Crippen LogP contribution in [0.4, 0.5) is 0 Å². The Bertz CT molecular complexity index is 637. The van der Waals surface area contributed by atoms with E-state index in [2.05, 4.69) is 63.5 Å². The van der Waals surface area contributed by atoms with Crippen molar-refractivity contribution >= 4 is 29.9 Å². The number of hydrogen-bond donors (Lipinski definition) is 2. The minimum Gasteiger partial charge on any atom is -0.497 e. The molecule has 1 unspecified atom stereocenters. The minimum atomic E-state index is 0. The van der Waals surface area contributed by atoms with Gasteiger partial charge in [0.05, 0.1) is 13.2 Å². The summed E-state index contributed by atoms with van der Waals surface area (Å²) in [6.07, 6.45) is 4.92. The van der Waals surface area contributed by atoms with Crippen LogP contribution in [0.1, 0.15) is 51.1 Å². The van der Waals surface area contributed by atoms with Crippen LogP contribution in [0.5, 0.6) is 5.75 Å². The molecule has 0 bridgehead atoms. The Morgan fingerprint density at radius 1 is 1.07 bits per heavy atom. The summed E-state index contributed by atoms with van der Waals surface area (Å²) in [4.78, 5) is 9.64. The number of piperidine rings is 1. The number of halogens is 1. The average Bonchev–Trinajstić information content (AvgIpc) is 3.28. The summed E-state index contributed by atoms with van der Waals surface area (Å²) in [6, 6.07) is 10.0. The zero-order chi connectivity index (χ0) is 20.6. The third-order valence-electron chi connectivity index (χ3n) is 6.37. The van der Waals surface area contributed by atoms with Gasteiger partial charge in [-0.2, -0.15) is 0 Å². The minimum absolute atomic E-state index is 0. The van der Waals surface area contributed by atoms with E-state index >= 15 is 0 Å². The molecule has 2 aliphatic heterocycles. The third kappa shape index (κ3) is 6.99. The molecular formula is C23H40IN5O. The Morgan fingerprint density at radius 3 is 2.23 bits per heavy atom. The largest absolute Gasteiger partial charge is 0.497 e. The number of nitrogens with one attached hydrogen (secondary N) is 2. The molecule has 2 aliphatic rings. The summed E-state index contributed by atoms with van der Waals surface area (Å²) in [6.45, 7) is 10.1. The van der Waals surface area contributed by atoms with Crippen molar-refractivity contribution in [1.82, 2.24) is 20.4 Å². The molecule has 0 spiro atoms. The van der Waals surface area contributed by atoms with Crippen molar-refractivity contribution in [1.29, 1.82) is 0 Å². The van der Waals surface area contributed by atoms with E-state index in [9.17, 15) is 0 Å². The van der Waals surface area contributed by atoms with Crippen molar-refractivity contribution in [3.05, 3.63) is 29.8 Å². The van der Waals surface area contributed by atoms with Gasteiger partial charge in [0.25, 0.3) is 0 Å². The molecule has 2 fully saturated rings. The second-order valence-electron chi connectivity index (χ2n) is 8.53. The van der Waals surface area contributed by atoms with Gasteiger partial charge in [-0.25, -0.2) is 0 Å². The van der Waals surface area contributed by atoms with Gasteiger partial charge in [0.1, 0.15) is 5.75 Å². The lowest BCUT2D eigenvalue weighted by Crippen LogP contribution is -2.50. The van der Waals surface area contributed by atoms with Crippen LogP contribution >= 0.6 is 24.0 Å². The number of aliphatic imine (C=N–C) groups is 1. The fraction of sp³-hybridized carbons (Fsp3) is 0.696. The van der Waals surface area contributed by atoms with Crippen molar-refractivity contribution in [2.75, 3.05) is 46.9 Å². The molecule has 30 heavy (non-hydrogen) atoms. The van der Waals surface area contributed by atoms with Crippen molar-refractivity contribution in [3.63, 3.8) is 0 Å². The Balaban J connectivity index is 0.00000320. The topological polar surface area (TPSA) is 52.1 Å². The second-order valence-corrected chi connectivity index (χ2v) is 8.53. The van der Waals surface area contributed by atoms with Gasteiger partial charge in [0, 0.05) is 38.8 Å². The van der Waals surface area contributed by atoms with Gasteiger partial charge in [0.15, 0.2) is 5.96 Å². The fourth-order valence-corrected chi connectivity index (χ4v) is 4.48. The van der Waals surface area contributed by atoms with Gasteiger partial charge in [-0.3, -0.25) is 9.89 Å². The highest BCUT2D eigenvalue weighted by Crippen LogP contribution is 2.26. The number of guanidine groups is 1. The second kappa shape index (κ2) is 12.7. The summed E-state index contributed by atoms with van der Waals surface area (Å²) < 4.78 is 5.34. The van der Waals surface area contributed by atoms with E-state index < -0.39 is 0 Å². The average molecular weight is 530 g/mol. The SMILES string of the molecule is CN=C(NCC(c1ccc(OC)cc1)N1CCCC1)NC1CCN(C(C)C)CC1.I.